The van der Waals surface area contributed by atoms with Gasteiger partial charge in [0.1, 0.15) is 11.9 Å². The van der Waals surface area contributed by atoms with Crippen molar-refractivity contribution in [3.63, 3.8) is 0 Å². The van der Waals surface area contributed by atoms with E-state index in [1.165, 1.54) is 6.07 Å². The molecule has 4 aromatic rings. The Kier molecular flexibility index (Phi) is 11.2. The lowest BCUT2D eigenvalue weighted by Crippen LogP contribution is -2.48. The van der Waals surface area contributed by atoms with Crippen LogP contribution in [0.4, 0.5) is 10.1 Å². The Morgan fingerprint density at radius 3 is 2.30 bits per heavy atom. The molecule has 0 spiro atoms. The molecule has 13 heteroatoms. The number of hydrogen-bond acceptors (Lipinski definition) is 8. The Morgan fingerprint density at radius 2 is 1.64 bits per heavy atom. The first-order valence-corrected chi connectivity index (χ1v) is 17.3. The number of aromatic amines is 1. The van der Waals surface area contributed by atoms with Gasteiger partial charge in [-0.15, -0.1) is 10.2 Å². The predicted octanol–water partition coefficient (Wildman–Crippen LogP) is 3.89. The van der Waals surface area contributed by atoms with Crippen LogP contribution in [0.2, 0.25) is 0 Å². The van der Waals surface area contributed by atoms with E-state index in [4.69, 9.17) is 5.73 Å². The number of aromatic nitrogens is 4. The van der Waals surface area contributed by atoms with Gasteiger partial charge in [0.2, 0.25) is 17.6 Å². The van der Waals surface area contributed by atoms with Crippen LogP contribution < -0.4 is 27.0 Å². The molecule has 2 heterocycles. The topological polar surface area (TPSA) is 180 Å². The first-order chi connectivity index (χ1) is 24.3. The van der Waals surface area contributed by atoms with E-state index >= 15 is 4.39 Å². The fourth-order valence-electron chi connectivity index (χ4n) is 6.78. The van der Waals surface area contributed by atoms with Gasteiger partial charge in [0.05, 0.1) is 0 Å². The number of rotatable bonds is 11. The largest absolute Gasteiger partial charge is 0.349 e. The smallest absolute Gasteiger partial charge is 0.251 e. The number of tetrazole rings is 1. The number of nitrogens with one attached hydrogen (secondary N) is 5. The third kappa shape index (κ3) is 8.58. The molecule has 3 amide bonds. The second-order valence-corrected chi connectivity index (χ2v) is 13.3. The second-order valence-electron chi connectivity index (χ2n) is 13.3. The van der Waals surface area contributed by atoms with E-state index in [0.717, 1.165) is 68.3 Å². The highest BCUT2D eigenvalue weighted by Crippen LogP contribution is 2.30. The molecule has 1 aliphatic carbocycles. The van der Waals surface area contributed by atoms with Crippen LogP contribution in [-0.2, 0) is 16.0 Å². The average Bonchev–Trinajstić information content (AvgIpc) is 3.69. The summed E-state index contributed by atoms with van der Waals surface area (Å²) in [5, 5.41) is 26.2. The van der Waals surface area contributed by atoms with Crippen LogP contribution in [0.5, 0.6) is 0 Å². The number of nitrogens with zero attached hydrogens (tertiary/aromatic N) is 3. The average molecular weight is 682 g/mol. The zero-order chi connectivity index (χ0) is 35.0. The van der Waals surface area contributed by atoms with Gasteiger partial charge in [-0.25, -0.2) is 4.39 Å². The minimum atomic E-state index is -0.848. The van der Waals surface area contributed by atoms with Crippen molar-refractivity contribution in [2.24, 2.45) is 17.6 Å². The summed E-state index contributed by atoms with van der Waals surface area (Å²) in [6.07, 6.45) is 5.15. The van der Waals surface area contributed by atoms with E-state index in [-0.39, 0.29) is 41.7 Å². The minimum absolute atomic E-state index is 0.0542. The zero-order valence-corrected chi connectivity index (χ0v) is 28.2. The van der Waals surface area contributed by atoms with E-state index in [0.29, 0.717) is 35.1 Å². The molecular weight excluding hydrogens is 637 g/mol. The molecule has 50 heavy (non-hydrogen) atoms. The van der Waals surface area contributed by atoms with Gasteiger partial charge in [-0.3, -0.25) is 14.4 Å². The number of H-pyrrole nitrogens is 1. The maximum Gasteiger partial charge on any atom is 0.251 e. The van der Waals surface area contributed by atoms with Crippen molar-refractivity contribution in [2.75, 3.05) is 25.0 Å². The Balaban J connectivity index is 1.18. The maximum absolute atomic E-state index is 15.1. The Hall–Kier alpha value is -5.01. The molecule has 1 saturated heterocycles. The first kappa shape index (κ1) is 34.8. The highest BCUT2D eigenvalue weighted by Gasteiger charge is 2.29. The quantitative estimate of drug-likeness (QED) is 0.138. The van der Waals surface area contributed by atoms with Crippen LogP contribution in [0.25, 0.3) is 22.5 Å². The molecule has 6 rings (SSSR count). The number of carbonyl (C=O) groups excluding carboxylic acids is 3. The summed E-state index contributed by atoms with van der Waals surface area (Å²) in [7, 11) is 0. The van der Waals surface area contributed by atoms with Crippen molar-refractivity contribution >= 4 is 23.4 Å². The number of carbonyl (C=O) groups is 3. The molecule has 7 N–H and O–H groups in total. The van der Waals surface area contributed by atoms with Gasteiger partial charge < -0.3 is 27.0 Å². The highest BCUT2D eigenvalue weighted by molar-refractivity contribution is 5.98. The van der Waals surface area contributed by atoms with Crippen LogP contribution in [0.1, 0.15) is 60.0 Å². The summed E-state index contributed by atoms with van der Waals surface area (Å²) in [5.41, 5.74) is 10.0. The van der Waals surface area contributed by atoms with Gasteiger partial charge in [0.25, 0.3) is 5.91 Å². The summed E-state index contributed by atoms with van der Waals surface area (Å²) in [6.45, 7) is 3.98. The predicted molar refractivity (Wildman–Crippen MR) is 188 cm³/mol. The molecule has 262 valence electrons. The summed E-state index contributed by atoms with van der Waals surface area (Å²) >= 11 is 0. The number of amides is 3. The summed E-state index contributed by atoms with van der Waals surface area (Å²) < 4.78 is 15.1. The van der Waals surface area contributed by atoms with E-state index < -0.39 is 11.9 Å². The minimum Gasteiger partial charge on any atom is -0.349 e. The molecule has 1 aromatic heterocycles. The van der Waals surface area contributed by atoms with Crippen molar-refractivity contribution < 1.29 is 18.8 Å². The van der Waals surface area contributed by atoms with Crippen LogP contribution in [0, 0.1) is 24.6 Å². The lowest BCUT2D eigenvalue weighted by atomic mass is 9.81. The molecule has 12 nitrogen and oxygen atoms in total. The SMILES string of the molecule is Cc1c(F)cc(C(=O)NC2CCNCC2)cc1-c1ccc(C[C@H](NC(=O)[C@H]2CC[C@H](CN)CC2)C(=O)Nc2ccc(-c3nn[nH]n3)cc2)cc1. The Labute approximate surface area is 290 Å². The van der Waals surface area contributed by atoms with E-state index in [1.54, 1.807) is 37.3 Å². The van der Waals surface area contributed by atoms with Gasteiger partial charge in [0, 0.05) is 35.2 Å². The molecular formula is C37H44FN9O3. The molecule has 0 unspecified atom stereocenters. The van der Waals surface area contributed by atoms with E-state index in [1.807, 2.05) is 24.3 Å². The normalized spacial score (nSPS) is 18.6. The van der Waals surface area contributed by atoms with Gasteiger partial charge in [-0.1, -0.05) is 24.3 Å². The fraction of sp³-hybridized carbons (Fsp3) is 0.405. The third-order valence-corrected chi connectivity index (χ3v) is 9.93. The van der Waals surface area contributed by atoms with Crippen molar-refractivity contribution in [3.05, 3.63) is 83.2 Å². The number of piperidine rings is 1. The van der Waals surface area contributed by atoms with Crippen molar-refractivity contribution in [2.45, 2.75) is 64.0 Å². The standard InChI is InChI=1S/C37H44FN9O3/c1-22-31(19-28(20-32(22)38)36(49)41-30-14-16-40-17-15-30)25-6-2-23(3-7-25)18-33(43-35(48)27-8-4-24(21-39)5-9-27)37(50)42-29-12-10-26(11-13-29)34-44-46-47-45-34/h2-3,6-7,10-13,19-20,24,27,30,33,40H,4-5,8-9,14-18,21,39H2,1H3,(H,41,49)(H,42,50)(H,43,48)(H,44,45,46,47)/t24-,27-,33-/m0/s1. The second kappa shape index (κ2) is 16.1. The van der Waals surface area contributed by atoms with Gasteiger partial charge >= 0.3 is 0 Å². The molecule has 0 bridgehead atoms. The highest BCUT2D eigenvalue weighted by atomic mass is 19.1. The number of benzene rings is 3. The Morgan fingerprint density at radius 1 is 0.940 bits per heavy atom. The first-order valence-electron chi connectivity index (χ1n) is 17.3. The molecule has 1 saturated carbocycles. The Bertz CT molecular complexity index is 1770. The van der Waals surface area contributed by atoms with Crippen LogP contribution in [0.3, 0.4) is 0 Å². The van der Waals surface area contributed by atoms with Gasteiger partial charge in [-0.05, 0) is 135 Å². The summed E-state index contributed by atoms with van der Waals surface area (Å²) in [4.78, 5) is 40.2. The third-order valence-electron chi connectivity index (χ3n) is 9.93. The molecule has 2 fully saturated rings. The van der Waals surface area contributed by atoms with Crippen molar-refractivity contribution in [1.29, 1.82) is 0 Å². The molecule has 1 atom stereocenters. The van der Waals surface area contributed by atoms with Crippen LogP contribution in [0.15, 0.2) is 60.7 Å². The lowest BCUT2D eigenvalue weighted by molar-refractivity contribution is -0.130. The van der Waals surface area contributed by atoms with E-state index in [2.05, 4.69) is 41.9 Å². The lowest BCUT2D eigenvalue weighted by Gasteiger charge is -2.28. The van der Waals surface area contributed by atoms with Gasteiger partial charge in [0.15, 0.2) is 0 Å². The maximum atomic E-state index is 15.1. The van der Waals surface area contributed by atoms with Crippen LogP contribution in [-0.4, -0.2) is 70.1 Å². The molecule has 3 aromatic carbocycles. The van der Waals surface area contributed by atoms with Gasteiger partial charge in [-0.2, -0.15) is 5.21 Å². The molecule has 0 radical (unpaired) electrons. The number of hydrogen-bond donors (Lipinski definition) is 6. The fourth-order valence-corrected chi connectivity index (χ4v) is 6.78. The summed E-state index contributed by atoms with van der Waals surface area (Å²) in [5.74, 6) is -0.556. The molecule has 2 aliphatic rings. The van der Waals surface area contributed by atoms with E-state index in [9.17, 15) is 14.4 Å². The molecule has 1 aliphatic heterocycles. The van der Waals surface area contributed by atoms with Crippen molar-refractivity contribution in [3.8, 4) is 22.5 Å². The number of anilines is 1. The monoisotopic (exact) mass is 681 g/mol. The van der Waals surface area contributed by atoms with Crippen molar-refractivity contribution in [1.82, 2.24) is 36.6 Å². The number of nitrogens with two attached hydrogens (primary N) is 1. The van der Waals surface area contributed by atoms with Crippen LogP contribution >= 0.6 is 0 Å². The number of halogens is 1. The zero-order valence-electron chi connectivity index (χ0n) is 28.2. The summed E-state index contributed by atoms with van der Waals surface area (Å²) in [6, 6.07) is 16.7.